The minimum atomic E-state index is -0.205. The van der Waals surface area contributed by atoms with Gasteiger partial charge in [0, 0.05) is 5.56 Å². The molecule has 124 valence electrons. The second-order valence-electron chi connectivity index (χ2n) is 4.97. The molecule has 0 saturated carbocycles. The Morgan fingerprint density at radius 3 is 2.43 bits per heavy atom. The van der Waals surface area contributed by atoms with Gasteiger partial charge in [0.1, 0.15) is 5.76 Å². The number of carbonyl (C=O) groups is 1. The molecule has 1 N–H and O–H groups in total. The highest BCUT2D eigenvalue weighted by Crippen LogP contribution is 2.39. The average Bonchev–Trinajstić information content (AvgIpc) is 3.08. The van der Waals surface area contributed by atoms with Crippen molar-refractivity contribution >= 4 is 5.91 Å². The molecule has 1 aromatic carbocycles. The number of hydrogen-bond donors (Lipinski definition) is 1. The van der Waals surface area contributed by atoms with E-state index < -0.39 is 0 Å². The first-order valence-corrected chi connectivity index (χ1v) is 7.21. The second kappa shape index (κ2) is 7.58. The van der Waals surface area contributed by atoms with Gasteiger partial charge < -0.3 is 23.9 Å². The Labute approximate surface area is 135 Å². The Morgan fingerprint density at radius 1 is 1.13 bits per heavy atom. The van der Waals surface area contributed by atoms with E-state index in [1.165, 1.54) is 14.2 Å². The molecule has 0 fully saturated rings. The molecule has 0 radical (unpaired) electrons. The van der Waals surface area contributed by atoms with E-state index in [1.807, 2.05) is 13.0 Å². The molecule has 0 unspecified atom stereocenters. The number of carbonyl (C=O) groups excluding carboxylic acids is 1. The van der Waals surface area contributed by atoms with Crippen LogP contribution in [0.1, 0.15) is 24.3 Å². The molecular formula is C17H21NO5. The summed E-state index contributed by atoms with van der Waals surface area (Å²) < 4.78 is 21.2. The summed E-state index contributed by atoms with van der Waals surface area (Å²) in [6.45, 7) is 1.86. The van der Waals surface area contributed by atoms with Gasteiger partial charge in [0.05, 0.1) is 40.1 Å². The summed E-state index contributed by atoms with van der Waals surface area (Å²) in [5.41, 5.74) is 0.717. The molecule has 1 heterocycles. The second-order valence-corrected chi connectivity index (χ2v) is 4.97. The van der Waals surface area contributed by atoms with Gasteiger partial charge in [-0.05, 0) is 25.1 Å². The van der Waals surface area contributed by atoms with Crippen molar-refractivity contribution in [1.82, 2.24) is 5.32 Å². The van der Waals surface area contributed by atoms with E-state index in [0.717, 1.165) is 0 Å². The zero-order chi connectivity index (χ0) is 16.8. The van der Waals surface area contributed by atoms with Gasteiger partial charge in [-0.15, -0.1) is 0 Å². The molecule has 6 heteroatoms. The first-order chi connectivity index (χ1) is 11.1. The van der Waals surface area contributed by atoms with Crippen molar-refractivity contribution in [3.63, 3.8) is 0 Å². The number of ether oxygens (including phenoxy) is 3. The maximum atomic E-state index is 12.3. The normalized spacial score (nSPS) is 11.7. The van der Waals surface area contributed by atoms with Crippen LogP contribution in [0.5, 0.6) is 17.2 Å². The van der Waals surface area contributed by atoms with Gasteiger partial charge in [-0.1, -0.05) is 6.07 Å². The Kier molecular flexibility index (Phi) is 5.51. The third-order valence-corrected chi connectivity index (χ3v) is 3.48. The van der Waals surface area contributed by atoms with E-state index in [9.17, 15) is 4.79 Å². The maximum Gasteiger partial charge on any atom is 0.225 e. The Balaban J connectivity index is 2.14. The van der Waals surface area contributed by atoms with E-state index in [-0.39, 0.29) is 18.4 Å². The highest BCUT2D eigenvalue weighted by atomic mass is 16.5. The number of nitrogens with one attached hydrogen (secondary N) is 1. The maximum absolute atomic E-state index is 12.3. The van der Waals surface area contributed by atoms with Crippen molar-refractivity contribution in [1.29, 1.82) is 0 Å². The first kappa shape index (κ1) is 16.7. The Hall–Kier alpha value is -2.63. The minimum Gasteiger partial charge on any atom is -0.493 e. The molecule has 0 aliphatic rings. The Morgan fingerprint density at radius 2 is 1.87 bits per heavy atom. The third kappa shape index (κ3) is 3.77. The topological polar surface area (TPSA) is 69.9 Å². The summed E-state index contributed by atoms with van der Waals surface area (Å²) in [6, 6.07) is 6.94. The van der Waals surface area contributed by atoms with Crippen LogP contribution in [0.2, 0.25) is 0 Å². The smallest absolute Gasteiger partial charge is 0.225 e. The lowest BCUT2D eigenvalue weighted by atomic mass is 10.1. The van der Waals surface area contributed by atoms with Crippen molar-refractivity contribution in [3.8, 4) is 17.2 Å². The van der Waals surface area contributed by atoms with E-state index in [1.54, 1.807) is 31.6 Å². The number of benzene rings is 1. The fraction of sp³-hybridized carbons (Fsp3) is 0.353. The standard InChI is InChI=1S/C17H21NO5/c1-11(13-6-5-9-23-13)18-15(19)10-12-7-8-14(20-2)17(22-4)16(12)21-3/h5-9,11H,10H2,1-4H3,(H,18,19)/t11-/m0/s1. The zero-order valence-electron chi connectivity index (χ0n) is 13.7. The largest absolute Gasteiger partial charge is 0.493 e. The molecule has 1 aromatic heterocycles. The monoisotopic (exact) mass is 319 g/mol. The fourth-order valence-electron chi connectivity index (χ4n) is 2.38. The Bertz CT molecular complexity index is 651. The lowest BCUT2D eigenvalue weighted by Crippen LogP contribution is -2.28. The van der Waals surface area contributed by atoms with Gasteiger partial charge in [0.15, 0.2) is 11.5 Å². The molecule has 6 nitrogen and oxygen atoms in total. The number of furan rings is 1. The molecule has 0 spiro atoms. The highest BCUT2D eigenvalue weighted by molar-refractivity contribution is 5.80. The van der Waals surface area contributed by atoms with E-state index in [4.69, 9.17) is 18.6 Å². The van der Waals surface area contributed by atoms with Gasteiger partial charge in [-0.2, -0.15) is 0 Å². The quantitative estimate of drug-likeness (QED) is 0.850. The molecule has 1 atom stereocenters. The number of hydrogen-bond acceptors (Lipinski definition) is 5. The van der Waals surface area contributed by atoms with Crippen molar-refractivity contribution < 1.29 is 23.4 Å². The number of rotatable bonds is 7. The zero-order valence-corrected chi connectivity index (χ0v) is 13.7. The molecule has 0 aliphatic heterocycles. The van der Waals surface area contributed by atoms with Crippen LogP contribution in [0, 0.1) is 0 Å². The van der Waals surface area contributed by atoms with Crippen LogP contribution in [0.25, 0.3) is 0 Å². The van der Waals surface area contributed by atoms with Crippen molar-refractivity contribution in [2.24, 2.45) is 0 Å². The van der Waals surface area contributed by atoms with Crippen molar-refractivity contribution in [2.45, 2.75) is 19.4 Å². The molecule has 0 aliphatic carbocycles. The molecular weight excluding hydrogens is 298 g/mol. The van der Waals surface area contributed by atoms with Crippen LogP contribution >= 0.6 is 0 Å². The fourth-order valence-corrected chi connectivity index (χ4v) is 2.38. The van der Waals surface area contributed by atoms with E-state index in [2.05, 4.69) is 5.32 Å². The van der Waals surface area contributed by atoms with Gasteiger partial charge in [-0.25, -0.2) is 0 Å². The van der Waals surface area contributed by atoms with Crippen molar-refractivity contribution in [3.05, 3.63) is 41.9 Å². The predicted molar refractivity (Wildman–Crippen MR) is 85.1 cm³/mol. The summed E-state index contributed by atoms with van der Waals surface area (Å²) in [7, 11) is 4.61. The third-order valence-electron chi connectivity index (χ3n) is 3.48. The van der Waals surface area contributed by atoms with Gasteiger partial charge in [0.25, 0.3) is 0 Å². The summed E-state index contributed by atoms with van der Waals surface area (Å²) in [5.74, 6) is 2.08. The van der Waals surface area contributed by atoms with Gasteiger partial charge in [-0.3, -0.25) is 4.79 Å². The summed E-state index contributed by atoms with van der Waals surface area (Å²) >= 11 is 0. The summed E-state index contributed by atoms with van der Waals surface area (Å²) in [4.78, 5) is 12.3. The first-order valence-electron chi connectivity index (χ1n) is 7.21. The number of amides is 1. The number of methoxy groups -OCH3 is 3. The van der Waals surface area contributed by atoms with Crippen LogP contribution in [-0.2, 0) is 11.2 Å². The summed E-state index contributed by atoms with van der Waals surface area (Å²) in [6.07, 6.45) is 1.74. The highest BCUT2D eigenvalue weighted by Gasteiger charge is 2.19. The molecule has 1 amide bonds. The molecule has 0 saturated heterocycles. The SMILES string of the molecule is COc1ccc(CC(=O)N[C@@H](C)c2ccco2)c(OC)c1OC. The molecule has 2 aromatic rings. The lowest BCUT2D eigenvalue weighted by Gasteiger charge is -2.16. The van der Waals surface area contributed by atoms with Crippen LogP contribution in [0.15, 0.2) is 34.9 Å². The molecule has 23 heavy (non-hydrogen) atoms. The lowest BCUT2D eigenvalue weighted by molar-refractivity contribution is -0.121. The van der Waals surface area contributed by atoms with Crippen molar-refractivity contribution in [2.75, 3.05) is 21.3 Å². The minimum absolute atomic E-state index is 0.139. The van der Waals surface area contributed by atoms with Gasteiger partial charge >= 0.3 is 0 Å². The van der Waals surface area contributed by atoms with Crippen LogP contribution < -0.4 is 19.5 Å². The van der Waals surface area contributed by atoms with Crippen LogP contribution in [-0.4, -0.2) is 27.2 Å². The molecule has 0 bridgehead atoms. The van der Waals surface area contributed by atoms with Crippen LogP contribution in [0.3, 0.4) is 0 Å². The summed E-state index contributed by atoms with van der Waals surface area (Å²) in [5, 5.41) is 2.89. The van der Waals surface area contributed by atoms with E-state index in [0.29, 0.717) is 28.6 Å². The average molecular weight is 319 g/mol. The van der Waals surface area contributed by atoms with Crippen LogP contribution in [0.4, 0.5) is 0 Å². The molecule has 2 rings (SSSR count). The van der Waals surface area contributed by atoms with Gasteiger partial charge in [0.2, 0.25) is 11.7 Å². The van der Waals surface area contributed by atoms with E-state index >= 15 is 0 Å². The predicted octanol–water partition coefficient (Wildman–Crippen LogP) is 2.73.